The predicted molar refractivity (Wildman–Crippen MR) is 101 cm³/mol. The molecule has 0 aromatic carbocycles. The minimum absolute atomic E-state index is 0.362. The molecule has 0 N–H and O–H groups in total. The van der Waals surface area contributed by atoms with Gasteiger partial charge in [0.1, 0.15) is 10.9 Å². The largest absolute Gasteiger partial charge is 0.303 e. The van der Waals surface area contributed by atoms with Crippen molar-refractivity contribution in [2.75, 3.05) is 19.6 Å². The highest BCUT2D eigenvalue weighted by Crippen LogP contribution is 2.30. The second-order valence-corrected chi connectivity index (χ2v) is 8.72. The first kappa shape index (κ1) is 18.2. The van der Waals surface area contributed by atoms with Crippen molar-refractivity contribution in [3.8, 4) is 0 Å². The summed E-state index contributed by atoms with van der Waals surface area (Å²) in [6.07, 6.45) is 9.14. The van der Waals surface area contributed by atoms with Gasteiger partial charge in [0.15, 0.2) is 0 Å². The van der Waals surface area contributed by atoms with Gasteiger partial charge >= 0.3 is 0 Å². The number of ketones is 1. The lowest BCUT2D eigenvalue weighted by atomic mass is 9.85. The molecule has 1 aliphatic carbocycles. The van der Waals surface area contributed by atoms with Crippen molar-refractivity contribution < 1.29 is 4.79 Å². The molecule has 3 nitrogen and oxygen atoms in total. The van der Waals surface area contributed by atoms with Crippen molar-refractivity contribution in [2.45, 2.75) is 61.6 Å². The third kappa shape index (κ3) is 5.47. The number of carbonyl (C=O) groups excluding carboxylic acids is 1. The molecule has 1 saturated carbocycles. The van der Waals surface area contributed by atoms with Gasteiger partial charge in [-0.25, -0.2) is 4.98 Å². The fourth-order valence-electron chi connectivity index (χ4n) is 3.77. The van der Waals surface area contributed by atoms with E-state index >= 15 is 0 Å². The van der Waals surface area contributed by atoms with E-state index in [1.807, 2.05) is 30.0 Å². The van der Waals surface area contributed by atoms with Gasteiger partial charge in [-0.1, -0.05) is 36.9 Å². The maximum atomic E-state index is 12.3. The number of thioether (sulfide) groups is 1. The first-order valence-corrected chi connectivity index (χ1v) is 10.5. The molecule has 0 radical (unpaired) electrons. The van der Waals surface area contributed by atoms with Crippen LogP contribution in [-0.4, -0.2) is 40.6 Å². The maximum Gasteiger partial charge on any atom is 0.137 e. The summed E-state index contributed by atoms with van der Waals surface area (Å²) in [4.78, 5) is 19.2. The van der Waals surface area contributed by atoms with Crippen LogP contribution < -0.4 is 0 Å². The fourth-order valence-corrected chi connectivity index (χ4v) is 5.08. The van der Waals surface area contributed by atoms with Crippen LogP contribution in [0.5, 0.6) is 0 Å². The van der Waals surface area contributed by atoms with Gasteiger partial charge in [-0.15, -0.1) is 11.8 Å². The maximum absolute atomic E-state index is 12.3. The molecule has 0 spiro atoms. The van der Waals surface area contributed by atoms with Crippen LogP contribution in [0.15, 0.2) is 23.2 Å². The molecule has 2 aliphatic rings. The Labute approximate surface area is 154 Å². The van der Waals surface area contributed by atoms with Crippen LogP contribution in [0.4, 0.5) is 0 Å². The number of halogens is 1. The first-order valence-electron chi connectivity index (χ1n) is 9.25. The number of carbonyl (C=O) groups is 1. The molecular formula is C19H27ClN2OS. The van der Waals surface area contributed by atoms with Crippen molar-refractivity contribution in [1.29, 1.82) is 0 Å². The lowest BCUT2D eigenvalue weighted by Crippen LogP contribution is -2.36. The predicted octanol–water partition coefficient (Wildman–Crippen LogP) is 4.83. The highest BCUT2D eigenvalue weighted by molar-refractivity contribution is 7.99. The summed E-state index contributed by atoms with van der Waals surface area (Å²) in [5, 5.41) is 2.20. The molecule has 5 heteroatoms. The number of nitrogens with zero attached hydrogens (tertiary/aromatic N) is 2. The van der Waals surface area contributed by atoms with Crippen molar-refractivity contribution in [1.82, 2.24) is 9.88 Å². The van der Waals surface area contributed by atoms with Crippen LogP contribution in [0.25, 0.3) is 0 Å². The fraction of sp³-hybridized carbons (Fsp3) is 0.684. The van der Waals surface area contributed by atoms with Crippen LogP contribution in [0.3, 0.4) is 0 Å². The quantitative estimate of drug-likeness (QED) is 0.675. The summed E-state index contributed by atoms with van der Waals surface area (Å²) in [5.74, 6) is 0.870. The Morgan fingerprint density at radius 1 is 1.17 bits per heavy atom. The minimum Gasteiger partial charge on any atom is -0.303 e. The third-order valence-corrected chi connectivity index (χ3v) is 6.73. The van der Waals surface area contributed by atoms with Gasteiger partial charge in [0.2, 0.25) is 0 Å². The third-order valence-electron chi connectivity index (χ3n) is 5.25. The summed E-state index contributed by atoms with van der Waals surface area (Å²) in [6, 6.07) is 5.81. The average Bonchev–Trinajstić information content (AvgIpc) is 2.62. The smallest absolute Gasteiger partial charge is 0.137 e. The van der Waals surface area contributed by atoms with Crippen LogP contribution in [-0.2, 0) is 4.79 Å². The monoisotopic (exact) mass is 366 g/mol. The lowest BCUT2D eigenvalue weighted by Gasteiger charge is -2.31. The van der Waals surface area contributed by atoms with Gasteiger partial charge in [0.25, 0.3) is 0 Å². The Bertz CT molecular complexity index is 540. The topological polar surface area (TPSA) is 33.2 Å². The van der Waals surface area contributed by atoms with Crippen molar-refractivity contribution in [3.05, 3.63) is 23.4 Å². The second-order valence-electron chi connectivity index (χ2n) is 7.01. The molecule has 1 aliphatic heterocycles. The number of likely N-dealkylation sites (tertiary alicyclic amines) is 1. The number of rotatable bonds is 6. The van der Waals surface area contributed by atoms with Gasteiger partial charge in [-0.3, -0.25) is 4.79 Å². The molecular weight excluding hydrogens is 340 g/mol. The summed E-state index contributed by atoms with van der Waals surface area (Å²) in [7, 11) is 0. The minimum atomic E-state index is 0.362. The molecule has 3 rings (SSSR count). The Balaban J connectivity index is 1.36. The van der Waals surface area contributed by atoms with Crippen molar-refractivity contribution in [3.63, 3.8) is 0 Å². The summed E-state index contributed by atoms with van der Waals surface area (Å²) >= 11 is 7.79. The zero-order valence-corrected chi connectivity index (χ0v) is 15.8. The number of Topliss-reactive ketones (excluding diaryl/α,β-unsaturated/α-hetero) is 1. The molecule has 1 saturated heterocycles. The van der Waals surface area contributed by atoms with E-state index < -0.39 is 0 Å². The number of hydrogen-bond donors (Lipinski definition) is 0. The van der Waals surface area contributed by atoms with Gasteiger partial charge in [-0.05, 0) is 50.9 Å². The van der Waals surface area contributed by atoms with Crippen molar-refractivity contribution in [2.24, 2.45) is 5.92 Å². The zero-order chi connectivity index (χ0) is 16.8. The van der Waals surface area contributed by atoms with Gasteiger partial charge in [0, 0.05) is 24.1 Å². The van der Waals surface area contributed by atoms with Gasteiger partial charge in [0.05, 0.1) is 5.03 Å². The highest BCUT2D eigenvalue weighted by Gasteiger charge is 2.24. The van der Waals surface area contributed by atoms with E-state index in [0.717, 1.165) is 56.8 Å². The molecule has 24 heavy (non-hydrogen) atoms. The SMILES string of the molecule is O=C(CCN1CCC(Sc2cccc(Cl)n2)CC1)C1CCCCC1. The van der Waals surface area contributed by atoms with Gasteiger partial charge in [-0.2, -0.15) is 0 Å². The van der Waals surface area contributed by atoms with Crippen LogP contribution in [0.1, 0.15) is 51.4 Å². The molecule has 1 aromatic heterocycles. The number of aromatic nitrogens is 1. The Hall–Kier alpha value is -0.580. The standard InChI is InChI=1S/C19H27ClN2OS/c20-18-7-4-8-19(21-18)24-16-9-12-22(13-10-16)14-11-17(23)15-5-2-1-3-6-15/h4,7-8,15-16H,1-3,5-6,9-14H2. The molecule has 1 aromatic rings. The Morgan fingerprint density at radius 2 is 1.92 bits per heavy atom. The molecule has 0 atom stereocenters. The molecule has 2 fully saturated rings. The zero-order valence-electron chi connectivity index (χ0n) is 14.3. The normalized spacial score (nSPS) is 21.0. The van der Waals surface area contributed by atoms with Gasteiger partial charge < -0.3 is 4.90 Å². The Kier molecular flexibility index (Phi) is 6.99. The first-order chi connectivity index (χ1) is 11.7. The highest BCUT2D eigenvalue weighted by atomic mass is 35.5. The van der Waals surface area contributed by atoms with E-state index in [1.165, 1.54) is 19.3 Å². The van der Waals surface area contributed by atoms with Crippen LogP contribution in [0.2, 0.25) is 5.15 Å². The number of pyridine rings is 1. The van der Waals surface area contributed by atoms with E-state index in [0.29, 0.717) is 22.1 Å². The van der Waals surface area contributed by atoms with E-state index in [1.54, 1.807) is 0 Å². The number of hydrogen-bond acceptors (Lipinski definition) is 4. The molecule has 132 valence electrons. The lowest BCUT2D eigenvalue weighted by molar-refractivity contribution is -0.124. The average molecular weight is 367 g/mol. The summed E-state index contributed by atoms with van der Waals surface area (Å²) in [5.41, 5.74) is 0. The van der Waals surface area contributed by atoms with E-state index in [9.17, 15) is 4.79 Å². The van der Waals surface area contributed by atoms with E-state index in [2.05, 4.69) is 9.88 Å². The van der Waals surface area contributed by atoms with E-state index in [4.69, 9.17) is 11.6 Å². The van der Waals surface area contributed by atoms with Crippen LogP contribution in [0, 0.1) is 5.92 Å². The second kappa shape index (κ2) is 9.21. The van der Waals surface area contributed by atoms with Crippen molar-refractivity contribution >= 4 is 29.1 Å². The van der Waals surface area contributed by atoms with Crippen LogP contribution >= 0.6 is 23.4 Å². The van der Waals surface area contributed by atoms with E-state index in [-0.39, 0.29) is 0 Å². The summed E-state index contributed by atoms with van der Waals surface area (Å²) in [6.45, 7) is 3.13. The number of piperidine rings is 1. The molecule has 0 unspecified atom stereocenters. The molecule has 2 heterocycles. The molecule has 0 bridgehead atoms. The molecule has 0 amide bonds. The Morgan fingerprint density at radius 3 is 2.62 bits per heavy atom. The summed E-state index contributed by atoms with van der Waals surface area (Å²) < 4.78 is 0.